The van der Waals surface area contributed by atoms with Gasteiger partial charge in [0.05, 0.1) is 46.2 Å². The number of hydrogen-bond donors (Lipinski definition) is 1. The third-order valence-electron chi connectivity index (χ3n) is 11.8. The Morgan fingerprint density at radius 3 is 1.40 bits per heavy atom. The zero-order valence-corrected chi connectivity index (χ0v) is 36.2. The third kappa shape index (κ3) is 12.0. The third-order valence-corrected chi connectivity index (χ3v) is 11.8. The van der Waals surface area contributed by atoms with Gasteiger partial charge in [-0.25, -0.2) is 0 Å². The average molecular weight is 881 g/mol. The molecule has 11 heteroatoms. The highest BCUT2D eigenvalue weighted by molar-refractivity contribution is 5.19. The second-order valence-electron chi connectivity index (χ2n) is 16.4. The molecule has 6 aromatic rings. The normalized spacial score (nSPS) is 27.7. The number of benzene rings is 6. The first-order valence-corrected chi connectivity index (χ1v) is 22.3. The maximum absolute atomic E-state index is 12.5. The molecule has 0 aliphatic carbocycles. The molecule has 0 amide bonds. The van der Waals surface area contributed by atoms with E-state index in [0.717, 1.165) is 33.4 Å². The van der Waals surface area contributed by atoms with E-state index < -0.39 is 67.7 Å². The van der Waals surface area contributed by atoms with Gasteiger partial charge in [-0.05, 0) is 27.8 Å². The van der Waals surface area contributed by atoms with Crippen molar-refractivity contribution in [3.05, 3.63) is 215 Å². The Kier molecular flexibility index (Phi) is 15.8. The van der Waals surface area contributed by atoms with E-state index in [1.807, 2.05) is 182 Å². The quantitative estimate of drug-likeness (QED) is 0.0846. The highest BCUT2D eigenvalue weighted by atomic mass is 16.8. The first-order chi connectivity index (χ1) is 32.1. The summed E-state index contributed by atoms with van der Waals surface area (Å²) in [6, 6.07) is 59.3. The van der Waals surface area contributed by atoms with Crippen LogP contribution in [0.15, 0.2) is 182 Å². The van der Waals surface area contributed by atoms with Gasteiger partial charge in [0, 0.05) is 5.56 Å². The molecule has 1 N–H and O–H groups in total. The number of hydrogen-bond acceptors (Lipinski definition) is 11. The minimum Gasteiger partial charge on any atom is -0.387 e. The van der Waals surface area contributed by atoms with Crippen LogP contribution in [-0.4, -0.2) is 79.7 Å². The molecule has 0 aromatic heterocycles. The lowest BCUT2D eigenvalue weighted by molar-refractivity contribution is -0.399. The van der Waals surface area contributed by atoms with Gasteiger partial charge in [-0.15, -0.1) is 0 Å². The summed E-state index contributed by atoms with van der Waals surface area (Å²) in [6.07, 6.45) is -9.84. The molecule has 0 saturated carbocycles. The molecule has 338 valence electrons. The summed E-state index contributed by atoms with van der Waals surface area (Å²) in [5, 5.41) is 12.5. The Morgan fingerprint density at radius 1 is 0.431 bits per heavy atom. The molecule has 11 atom stereocenters. The van der Waals surface area contributed by atoms with Crippen molar-refractivity contribution < 1.29 is 52.5 Å². The molecule has 0 spiro atoms. The predicted molar refractivity (Wildman–Crippen MR) is 241 cm³/mol. The molecule has 6 aromatic carbocycles. The number of aliphatic hydroxyl groups is 1. The fourth-order valence-electron chi connectivity index (χ4n) is 8.39. The van der Waals surface area contributed by atoms with E-state index in [0.29, 0.717) is 6.61 Å². The molecule has 0 radical (unpaired) electrons. The molecule has 3 aliphatic rings. The molecule has 65 heavy (non-hydrogen) atoms. The molecule has 11 nitrogen and oxygen atoms in total. The molecule has 3 saturated heterocycles. The maximum atomic E-state index is 12.5. The summed E-state index contributed by atoms with van der Waals surface area (Å²) in [7, 11) is 0. The molecule has 3 fully saturated rings. The lowest BCUT2D eigenvalue weighted by Gasteiger charge is -2.50. The van der Waals surface area contributed by atoms with E-state index >= 15 is 0 Å². The summed E-state index contributed by atoms with van der Waals surface area (Å²) in [6.45, 7) is 1.58. The average Bonchev–Trinajstić information content (AvgIpc) is 3.37. The fourth-order valence-corrected chi connectivity index (χ4v) is 8.39. The predicted octanol–water partition coefficient (Wildman–Crippen LogP) is 8.49. The minimum atomic E-state index is -1.24. The van der Waals surface area contributed by atoms with Crippen molar-refractivity contribution in [2.24, 2.45) is 0 Å². The van der Waals surface area contributed by atoms with Gasteiger partial charge in [0.25, 0.3) is 0 Å². The van der Waals surface area contributed by atoms with Gasteiger partial charge < -0.3 is 52.5 Å². The highest BCUT2D eigenvalue weighted by Crippen LogP contribution is 2.39. The first-order valence-electron chi connectivity index (χ1n) is 22.3. The van der Waals surface area contributed by atoms with Gasteiger partial charge in [-0.1, -0.05) is 182 Å². The van der Waals surface area contributed by atoms with Crippen LogP contribution >= 0.6 is 0 Å². The molecule has 3 heterocycles. The Bertz CT molecular complexity index is 2260. The highest BCUT2D eigenvalue weighted by Gasteiger charge is 2.55. The van der Waals surface area contributed by atoms with E-state index in [2.05, 4.69) is 0 Å². The zero-order valence-electron chi connectivity index (χ0n) is 36.2. The topological polar surface area (TPSA) is 113 Å². The van der Waals surface area contributed by atoms with Crippen molar-refractivity contribution in [1.29, 1.82) is 0 Å². The van der Waals surface area contributed by atoms with E-state index in [-0.39, 0.29) is 39.6 Å². The van der Waals surface area contributed by atoms with Crippen LogP contribution in [0, 0.1) is 0 Å². The van der Waals surface area contributed by atoms with Crippen molar-refractivity contribution in [2.45, 2.75) is 101 Å². The number of rotatable bonds is 19. The Labute approximate surface area is 380 Å². The van der Waals surface area contributed by atoms with Gasteiger partial charge in [0.15, 0.2) is 18.9 Å². The Balaban J connectivity index is 1.06. The monoisotopic (exact) mass is 880 g/mol. The summed E-state index contributed by atoms with van der Waals surface area (Å²) in [5.41, 5.74) is 5.66. The van der Waals surface area contributed by atoms with Crippen LogP contribution in [0.2, 0.25) is 0 Å². The van der Waals surface area contributed by atoms with Crippen molar-refractivity contribution in [3.8, 4) is 0 Å². The van der Waals surface area contributed by atoms with Gasteiger partial charge in [-0.2, -0.15) is 0 Å². The summed E-state index contributed by atoms with van der Waals surface area (Å²) >= 11 is 0. The maximum Gasteiger partial charge on any atom is 0.187 e. The van der Waals surface area contributed by atoms with E-state index in [9.17, 15) is 5.11 Å². The van der Waals surface area contributed by atoms with E-state index in [1.165, 1.54) is 0 Å². The second kappa shape index (κ2) is 22.9. The van der Waals surface area contributed by atoms with Crippen molar-refractivity contribution in [2.75, 3.05) is 13.2 Å². The summed E-state index contributed by atoms with van der Waals surface area (Å²) in [5.74, 6) is 0. The lowest BCUT2D eigenvalue weighted by Crippen LogP contribution is -2.66. The Morgan fingerprint density at radius 2 is 0.877 bits per heavy atom. The molecule has 9 rings (SSSR count). The molecule has 0 bridgehead atoms. The number of fused-ring (bicyclic) bond motifs is 1. The molecular weight excluding hydrogens is 825 g/mol. The van der Waals surface area contributed by atoms with Crippen LogP contribution in [0.1, 0.15) is 39.7 Å². The van der Waals surface area contributed by atoms with Crippen molar-refractivity contribution in [3.63, 3.8) is 0 Å². The largest absolute Gasteiger partial charge is 0.387 e. The summed E-state index contributed by atoms with van der Waals surface area (Å²) < 4.78 is 67.0. The van der Waals surface area contributed by atoms with Crippen molar-refractivity contribution in [1.82, 2.24) is 0 Å². The van der Waals surface area contributed by atoms with Gasteiger partial charge in [0.1, 0.15) is 48.8 Å². The number of aliphatic hydroxyl groups excluding tert-OH is 1. The fraction of sp³-hybridized carbons (Fsp3) is 0.333. The molecule has 1 unspecified atom stereocenters. The van der Waals surface area contributed by atoms with E-state index in [1.54, 1.807) is 0 Å². The summed E-state index contributed by atoms with van der Waals surface area (Å²) in [4.78, 5) is 0. The van der Waals surface area contributed by atoms with E-state index in [4.69, 9.17) is 47.4 Å². The first kappa shape index (κ1) is 45.1. The standard InChI is InChI=1S/C54H56O11/c55-46-47-45(37-61-52(64-47)43-29-17-6-18-30-43)62-53(60-35-42-27-15-5-16-28-42)49(46)65-54-51(59-34-41-25-13-4-14-26-41)50(58-33-40-23-11-3-12-24-40)48(57-32-39-21-9-2-10-22-39)44(63-54)36-56-31-38-19-7-1-8-20-38/h1-30,44-55H,31-37H2/t44-,45+,46-,47-,48+,49+,50+,51-,52?,53+,54-/m0/s1. The zero-order chi connectivity index (χ0) is 44.0. The van der Waals surface area contributed by atoms with Gasteiger partial charge in [0.2, 0.25) is 0 Å². The van der Waals surface area contributed by atoms with Gasteiger partial charge in [-0.3, -0.25) is 0 Å². The van der Waals surface area contributed by atoms with Crippen LogP contribution in [0.25, 0.3) is 0 Å². The Hall–Kier alpha value is -5.12. The number of ether oxygens (including phenoxy) is 10. The minimum absolute atomic E-state index is 0.131. The van der Waals surface area contributed by atoms with Crippen LogP contribution in [0.3, 0.4) is 0 Å². The molecular formula is C54H56O11. The second-order valence-corrected chi connectivity index (χ2v) is 16.4. The van der Waals surface area contributed by atoms with Crippen LogP contribution < -0.4 is 0 Å². The van der Waals surface area contributed by atoms with Crippen LogP contribution in [-0.2, 0) is 80.4 Å². The van der Waals surface area contributed by atoms with Crippen LogP contribution in [0.5, 0.6) is 0 Å². The van der Waals surface area contributed by atoms with Gasteiger partial charge >= 0.3 is 0 Å². The van der Waals surface area contributed by atoms with Crippen LogP contribution in [0.4, 0.5) is 0 Å². The lowest BCUT2D eigenvalue weighted by atomic mass is 9.95. The smallest absolute Gasteiger partial charge is 0.187 e. The van der Waals surface area contributed by atoms with Crippen molar-refractivity contribution >= 4 is 0 Å². The molecule has 3 aliphatic heterocycles. The SMILES string of the molecule is O[C@H]1[C@H]2OC(c3ccccc3)OC[C@H]2O[C@@H](OCc2ccccc2)[C@@H]1O[C@@H]1O[C@@H](COCc2ccccc2)[C@@H](OCc2ccccc2)[C@@H](OCc2ccccc2)[C@@H]1OCc1ccccc1.